The van der Waals surface area contributed by atoms with Crippen molar-refractivity contribution in [2.75, 3.05) is 18.5 Å². The smallest absolute Gasteiger partial charge is 0.291 e. The Hall–Kier alpha value is -3.72. The molecule has 2 aromatic carbocycles. The summed E-state index contributed by atoms with van der Waals surface area (Å²) in [5.41, 5.74) is 1.24. The molecule has 0 aliphatic heterocycles. The van der Waals surface area contributed by atoms with Crippen molar-refractivity contribution >= 4 is 11.6 Å². The Morgan fingerprint density at radius 3 is 2.12 bits per heavy atom. The van der Waals surface area contributed by atoms with Gasteiger partial charge in [-0.1, -0.05) is 0 Å². The van der Waals surface area contributed by atoms with E-state index in [0.717, 1.165) is 0 Å². The molecular weight excluding hydrogens is 332 g/mol. The van der Waals surface area contributed by atoms with E-state index in [0.29, 0.717) is 36.0 Å². The van der Waals surface area contributed by atoms with Crippen LogP contribution in [0.15, 0.2) is 71.3 Å². The molecule has 0 unspecified atom stereocenters. The number of hydrogen-bond donors (Lipinski definition) is 1. The first-order chi connectivity index (χ1) is 12.7. The van der Waals surface area contributed by atoms with Crippen LogP contribution in [-0.2, 0) is 0 Å². The summed E-state index contributed by atoms with van der Waals surface area (Å²) in [7, 11) is 0. The summed E-state index contributed by atoms with van der Waals surface area (Å²) >= 11 is 0. The van der Waals surface area contributed by atoms with Crippen molar-refractivity contribution in [2.45, 2.75) is 0 Å². The SMILES string of the molecule is N#Cc1ccc(OCCOc2ccc(NC(=O)c3ccco3)cc2)cc1. The van der Waals surface area contributed by atoms with E-state index in [1.807, 2.05) is 0 Å². The second-order valence-corrected chi connectivity index (χ2v) is 5.29. The summed E-state index contributed by atoms with van der Waals surface area (Å²) in [4.78, 5) is 11.9. The third-order valence-corrected chi connectivity index (χ3v) is 3.46. The second-order valence-electron chi connectivity index (χ2n) is 5.29. The lowest BCUT2D eigenvalue weighted by Gasteiger charge is -2.09. The highest BCUT2D eigenvalue weighted by atomic mass is 16.5. The predicted octanol–water partition coefficient (Wildman–Crippen LogP) is 3.86. The minimum Gasteiger partial charge on any atom is -0.490 e. The average Bonchev–Trinajstić information content (AvgIpc) is 3.22. The summed E-state index contributed by atoms with van der Waals surface area (Å²) < 4.78 is 16.2. The van der Waals surface area contributed by atoms with Crippen molar-refractivity contribution in [3.8, 4) is 17.6 Å². The van der Waals surface area contributed by atoms with Gasteiger partial charge >= 0.3 is 0 Å². The molecule has 0 bridgehead atoms. The number of benzene rings is 2. The van der Waals surface area contributed by atoms with Gasteiger partial charge in [0.25, 0.3) is 5.91 Å². The van der Waals surface area contributed by atoms with Crippen molar-refractivity contribution in [2.24, 2.45) is 0 Å². The molecule has 0 saturated carbocycles. The van der Waals surface area contributed by atoms with Gasteiger partial charge in [-0.15, -0.1) is 0 Å². The lowest BCUT2D eigenvalue weighted by Crippen LogP contribution is -2.11. The van der Waals surface area contributed by atoms with E-state index in [-0.39, 0.29) is 11.7 Å². The maximum Gasteiger partial charge on any atom is 0.291 e. The maximum absolute atomic E-state index is 11.9. The molecule has 0 spiro atoms. The van der Waals surface area contributed by atoms with E-state index in [2.05, 4.69) is 11.4 Å². The van der Waals surface area contributed by atoms with Crippen LogP contribution in [0.1, 0.15) is 16.1 Å². The van der Waals surface area contributed by atoms with Crippen LogP contribution in [0.4, 0.5) is 5.69 Å². The number of carbonyl (C=O) groups excluding carboxylic acids is 1. The molecule has 0 atom stereocenters. The van der Waals surface area contributed by atoms with Crippen LogP contribution in [0.2, 0.25) is 0 Å². The number of furan rings is 1. The van der Waals surface area contributed by atoms with Gasteiger partial charge in [-0.05, 0) is 60.7 Å². The van der Waals surface area contributed by atoms with Crippen molar-refractivity contribution in [3.05, 3.63) is 78.3 Å². The van der Waals surface area contributed by atoms with Crippen LogP contribution in [-0.4, -0.2) is 19.1 Å². The van der Waals surface area contributed by atoms with E-state index < -0.39 is 0 Å². The number of rotatable bonds is 7. The predicted molar refractivity (Wildman–Crippen MR) is 95.3 cm³/mol. The summed E-state index contributed by atoms with van der Waals surface area (Å²) in [6.45, 7) is 0.751. The number of nitriles is 1. The lowest BCUT2D eigenvalue weighted by molar-refractivity contribution is 0.0996. The van der Waals surface area contributed by atoms with Gasteiger partial charge in [0.05, 0.1) is 17.9 Å². The molecule has 1 heterocycles. The summed E-state index contributed by atoms with van der Waals surface area (Å²) in [5, 5.41) is 11.5. The number of anilines is 1. The minimum absolute atomic E-state index is 0.255. The first kappa shape index (κ1) is 17.1. The zero-order valence-electron chi connectivity index (χ0n) is 13.8. The molecule has 6 nitrogen and oxygen atoms in total. The van der Waals surface area contributed by atoms with Gasteiger partial charge in [0.15, 0.2) is 5.76 Å². The molecule has 1 aromatic heterocycles. The Kier molecular flexibility index (Phi) is 5.53. The van der Waals surface area contributed by atoms with Crippen LogP contribution < -0.4 is 14.8 Å². The molecule has 26 heavy (non-hydrogen) atoms. The summed E-state index contributed by atoms with van der Waals surface area (Å²) in [6.07, 6.45) is 1.45. The maximum atomic E-state index is 11.9. The fraction of sp³-hybridized carbons (Fsp3) is 0.100. The lowest BCUT2D eigenvalue weighted by atomic mass is 10.2. The second kappa shape index (κ2) is 8.40. The summed E-state index contributed by atoms with van der Waals surface area (Å²) in [5.74, 6) is 1.30. The fourth-order valence-corrected chi connectivity index (χ4v) is 2.18. The van der Waals surface area contributed by atoms with Crippen LogP contribution >= 0.6 is 0 Å². The normalized spacial score (nSPS) is 9.96. The monoisotopic (exact) mass is 348 g/mol. The van der Waals surface area contributed by atoms with Gasteiger partial charge in [-0.3, -0.25) is 4.79 Å². The number of nitrogens with one attached hydrogen (secondary N) is 1. The number of ether oxygens (including phenoxy) is 2. The number of nitrogens with zero attached hydrogens (tertiary/aromatic N) is 1. The van der Waals surface area contributed by atoms with Gasteiger partial charge in [0, 0.05) is 5.69 Å². The molecule has 6 heteroatoms. The molecule has 3 aromatic rings. The number of carbonyl (C=O) groups is 1. The molecule has 0 aliphatic carbocycles. The molecule has 0 saturated heterocycles. The van der Waals surface area contributed by atoms with Crippen molar-refractivity contribution in [1.82, 2.24) is 0 Å². The standard InChI is InChI=1S/C20H16N2O4/c21-14-15-3-7-17(8-4-15)24-12-13-25-18-9-5-16(6-10-18)22-20(23)19-2-1-11-26-19/h1-11H,12-13H2,(H,22,23). The van der Waals surface area contributed by atoms with E-state index in [4.69, 9.17) is 19.2 Å². The minimum atomic E-state index is -0.306. The highest BCUT2D eigenvalue weighted by molar-refractivity contribution is 6.02. The van der Waals surface area contributed by atoms with Crippen molar-refractivity contribution in [3.63, 3.8) is 0 Å². The Balaban J connectivity index is 1.42. The van der Waals surface area contributed by atoms with E-state index in [1.165, 1.54) is 6.26 Å². The van der Waals surface area contributed by atoms with Crippen molar-refractivity contribution in [1.29, 1.82) is 5.26 Å². The first-order valence-electron chi connectivity index (χ1n) is 7.95. The average molecular weight is 348 g/mol. The highest BCUT2D eigenvalue weighted by Crippen LogP contribution is 2.17. The Morgan fingerprint density at radius 1 is 0.962 bits per heavy atom. The molecule has 1 N–H and O–H groups in total. The summed E-state index contributed by atoms with van der Waals surface area (Å²) in [6, 6.07) is 19.2. The largest absolute Gasteiger partial charge is 0.490 e. The molecule has 3 rings (SSSR count). The van der Waals surface area contributed by atoms with Crippen LogP contribution in [0.3, 0.4) is 0 Å². The molecule has 1 amide bonds. The van der Waals surface area contributed by atoms with Gasteiger partial charge in [-0.2, -0.15) is 5.26 Å². The van der Waals surface area contributed by atoms with E-state index >= 15 is 0 Å². The third kappa shape index (κ3) is 4.65. The fourth-order valence-electron chi connectivity index (χ4n) is 2.18. The Labute approximate surface area is 150 Å². The molecular formula is C20H16N2O4. The van der Waals surface area contributed by atoms with E-state index in [1.54, 1.807) is 60.7 Å². The number of hydrogen-bond acceptors (Lipinski definition) is 5. The van der Waals surface area contributed by atoms with Crippen LogP contribution in [0.25, 0.3) is 0 Å². The quantitative estimate of drug-likeness (QED) is 0.655. The van der Waals surface area contributed by atoms with Gasteiger partial charge < -0.3 is 19.2 Å². The molecule has 0 fully saturated rings. The van der Waals surface area contributed by atoms with Gasteiger partial charge in [0.2, 0.25) is 0 Å². The molecule has 130 valence electrons. The molecule has 0 radical (unpaired) electrons. The zero-order chi connectivity index (χ0) is 18.2. The first-order valence-corrected chi connectivity index (χ1v) is 7.95. The molecule has 0 aliphatic rings. The van der Waals surface area contributed by atoms with Gasteiger partial charge in [-0.25, -0.2) is 0 Å². The zero-order valence-corrected chi connectivity index (χ0v) is 13.8. The van der Waals surface area contributed by atoms with Crippen LogP contribution in [0, 0.1) is 11.3 Å². The Morgan fingerprint density at radius 2 is 1.58 bits per heavy atom. The number of amides is 1. The third-order valence-electron chi connectivity index (χ3n) is 3.46. The van der Waals surface area contributed by atoms with Crippen LogP contribution in [0.5, 0.6) is 11.5 Å². The Bertz CT molecular complexity index is 879. The van der Waals surface area contributed by atoms with Crippen molar-refractivity contribution < 1.29 is 18.7 Å². The topological polar surface area (TPSA) is 84.5 Å². The van der Waals surface area contributed by atoms with Gasteiger partial charge in [0.1, 0.15) is 24.7 Å². The van der Waals surface area contributed by atoms with E-state index in [9.17, 15) is 4.79 Å². The highest BCUT2D eigenvalue weighted by Gasteiger charge is 2.08.